The highest BCUT2D eigenvalue weighted by atomic mass is 32.2. The van der Waals surface area contributed by atoms with Gasteiger partial charge in [-0.25, -0.2) is 0 Å². The Balaban J connectivity index is 1.96. The number of aromatic hydroxyl groups is 1. The molecule has 0 amide bonds. The average molecular weight is 272 g/mol. The molecule has 0 heterocycles. The summed E-state index contributed by atoms with van der Waals surface area (Å²) in [6.45, 7) is 2.23. The maximum absolute atomic E-state index is 9.29. The number of thioether (sulfide) groups is 1. The highest BCUT2D eigenvalue weighted by Gasteiger charge is 1.99. The van der Waals surface area contributed by atoms with Crippen LogP contribution in [0.25, 0.3) is 11.1 Å². The second-order valence-electron chi connectivity index (χ2n) is 4.63. The van der Waals surface area contributed by atoms with E-state index >= 15 is 0 Å². The number of hydrogen-bond donors (Lipinski definition) is 1. The van der Waals surface area contributed by atoms with Crippen LogP contribution in [0.1, 0.15) is 26.2 Å². The number of unbranched alkanes of at least 4 members (excludes halogenated alkanes) is 2. The van der Waals surface area contributed by atoms with E-state index in [-0.39, 0.29) is 0 Å². The maximum atomic E-state index is 9.29. The van der Waals surface area contributed by atoms with Crippen molar-refractivity contribution in [1.29, 1.82) is 0 Å². The molecule has 0 aromatic heterocycles. The van der Waals surface area contributed by atoms with Gasteiger partial charge in [0.05, 0.1) is 0 Å². The summed E-state index contributed by atoms with van der Waals surface area (Å²) >= 11 is 1.93. The van der Waals surface area contributed by atoms with Crippen molar-refractivity contribution >= 4 is 11.8 Å². The molecule has 0 spiro atoms. The molecular formula is C17H20OS. The van der Waals surface area contributed by atoms with Gasteiger partial charge in [-0.15, -0.1) is 11.8 Å². The lowest BCUT2D eigenvalue weighted by atomic mass is 10.1. The fourth-order valence-electron chi connectivity index (χ4n) is 1.94. The molecule has 19 heavy (non-hydrogen) atoms. The minimum Gasteiger partial charge on any atom is -0.508 e. The zero-order chi connectivity index (χ0) is 13.5. The van der Waals surface area contributed by atoms with Crippen LogP contribution < -0.4 is 0 Å². The van der Waals surface area contributed by atoms with E-state index in [0.29, 0.717) is 5.75 Å². The van der Waals surface area contributed by atoms with E-state index in [4.69, 9.17) is 0 Å². The SMILES string of the molecule is CCCCCSc1ccc(-c2ccc(O)cc2)cc1. The average Bonchev–Trinajstić information content (AvgIpc) is 2.45. The van der Waals surface area contributed by atoms with E-state index < -0.39 is 0 Å². The monoisotopic (exact) mass is 272 g/mol. The predicted octanol–water partition coefficient (Wildman–Crippen LogP) is 5.34. The van der Waals surface area contributed by atoms with Gasteiger partial charge in [-0.1, -0.05) is 44.0 Å². The molecule has 2 aromatic carbocycles. The van der Waals surface area contributed by atoms with Gasteiger partial charge in [-0.3, -0.25) is 0 Å². The third kappa shape index (κ3) is 4.32. The molecule has 100 valence electrons. The summed E-state index contributed by atoms with van der Waals surface area (Å²) in [4.78, 5) is 1.33. The van der Waals surface area contributed by atoms with Gasteiger partial charge in [-0.05, 0) is 47.6 Å². The van der Waals surface area contributed by atoms with E-state index in [1.165, 1.54) is 35.5 Å². The smallest absolute Gasteiger partial charge is 0.115 e. The van der Waals surface area contributed by atoms with Crippen molar-refractivity contribution in [2.24, 2.45) is 0 Å². The van der Waals surface area contributed by atoms with E-state index in [1.807, 2.05) is 23.9 Å². The Morgan fingerprint density at radius 2 is 1.42 bits per heavy atom. The van der Waals surface area contributed by atoms with Crippen molar-refractivity contribution in [3.8, 4) is 16.9 Å². The Hall–Kier alpha value is -1.41. The second kappa shape index (κ2) is 7.25. The molecule has 1 nitrogen and oxygen atoms in total. The normalized spacial score (nSPS) is 10.6. The summed E-state index contributed by atoms with van der Waals surface area (Å²) in [7, 11) is 0. The van der Waals surface area contributed by atoms with Crippen LogP contribution in [0.2, 0.25) is 0 Å². The second-order valence-corrected chi connectivity index (χ2v) is 5.80. The molecular weight excluding hydrogens is 252 g/mol. The van der Waals surface area contributed by atoms with Crippen LogP contribution >= 0.6 is 11.8 Å². The van der Waals surface area contributed by atoms with Crippen LogP contribution in [0, 0.1) is 0 Å². The summed E-state index contributed by atoms with van der Waals surface area (Å²) < 4.78 is 0. The third-order valence-electron chi connectivity index (χ3n) is 3.07. The summed E-state index contributed by atoms with van der Waals surface area (Å²) in [6, 6.07) is 16.0. The molecule has 0 fully saturated rings. The molecule has 0 bridgehead atoms. The molecule has 2 aromatic rings. The van der Waals surface area contributed by atoms with Crippen LogP contribution in [0.5, 0.6) is 5.75 Å². The van der Waals surface area contributed by atoms with Gasteiger partial charge in [0, 0.05) is 4.90 Å². The first-order valence-corrected chi connectivity index (χ1v) is 7.80. The van der Waals surface area contributed by atoms with Crippen LogP contribution in [0.4, 0.5) is 0 Å². The Kier molecular flexibility index (Phi) is 5.34. The molecule has 2 heteroatoms. The van der Waals surface area contributed by atoms with Gasteiger partial charge in [0.25, 0.3) is 0 Å². The Morgan fingerprint density at radius 3 is 2.00 bits per heavy atom. The fraction of sp³-hybridized carbons (Fsp3) is 0.294. The number of benzene rings is 2. The summed E-state index contributed by atoms with van der Waals surface area (Å²) in [5.41, 5.74) is 2.33. The van der Waals surface area contributed by atoms with E-state index in [1.54, 1.807) is 12.1 Å². The number of phenols is 1. The molecule has 0 aliphatic rings. The van der Waals surface area contributed by atoms with Crippen molar-refractivity contribution < 1.29 is 5.11 Å². The standard InChI is InChI=1S/C17H20OS/c1-2-3-4-13-19-17-11-7-15(8-12-17)14-5-9-16(18)10-6-14/h5-12,18H,2-4,13H2,1H3. The first kappa shape index (κ1) is 14.0. The van der Waals surface area contributed by atoms with Crippen molar-refractivity contribution in [3.63, 3.8) is 0 Å². The molecule has 0 unspecified atom stereocenters. The van der Waals surface area contributed by atoms with Crippen molar-refractivity contribution in [2.75, 3.05) is 5.75 Å². The molecule has 2 rings (SSSR count). The molecule has 0 aliphatic heterocycles. The number of rotatable bonds is 6. The Morgan fingerprint density at radius 1 is 0.842 bits per heavy atom. The Labute approximate surface area is 119 Å². The van der Waals surface area contributed by atoms with Crippen molar-refractivity contribution in [2.45, 2.75) is 31.1 Å². The molecule has 0 saturated heterocycles. The topological polar surface area (TPSA) is 20.2 Å². The quantitative estimate of drug-likeness (QED) is 0.565. The fourth-order valence-corrected chi connectivity index (χ4v) is 2.85. The van der Waals surface area contributed by atoms with E-state index in [0.717, 1.165) is 5.56 Å². The lowest BCUT2D eigenvalue weighted by Crippen LogP contribution is -1.81. The van der Waals surface area contributed by atoms with Gasteiger partial charge >= 0.3 is 0 Å². The van der Waals surface area contributed by atoms with Gasteiger partial charge < -0.3 is 5.11 Å². The zero-order valence-corrected chi connectivity index (χ0v) is 12.1. The zero-order valence-electron chi connectivity index (χ0n) is 11.3. The number of phenolic OH excluding ortho intramolecular Hbond substituents is 1. The molecule has 0 aliphatic carbocycles. The van der Waals surface area contributed by atoms with Crippen LogP contribution in [-0.4, -0.2) is 10.9 Å². The molecule has 0 radical (unpaired) electrons. The van der Waals surface area contributed by atoms with Crippen LogP contribution in [0.15, 0.2) is 53.4 Å². The van der Waals surface area contributed by atoms with Gasteiger partial charge in [0.2, 0.25) is 0 Å². The summed E-state index contributed by atoms with van der Waals surface area (Å²) in [6.07, 6.45) is 3.89. The minimum absolute atomic E-state index is 0.312. The first-order chi connectivity index (χ1) is 9.29. The molecule has 1 N–H and O–H groups in total. The third-order valence-corrected chi connectivity index (χ3v) is 4.17. The Bertz CT molecular complexity index is 488. The van der Waals surface area contributed by atoms with Gasteiger partial charge in [0.15, 0.2) is 0 Å². The number of hydrogen-bond acceptors (Lipinski definition) is 2. The van der Waals surface area contributed by atoms with Gasteiger partial charge in [0.1, 0.15) is 5.75 Å². The van der Waals surface area contributed by atoms with E-state index in [2.05, 4.69) is 31.2 Å². The lowest BCUT2D eigenvalue weighted by Gasteiger charge is -2.05. The molecule has 0 saturated carbocycles. The van der Waals surface area contributed by atoms with E-state index in [9.17, 15) is 5.11 Å². The van der Waals surface area contributed by atoms with Crippen LogP contribution in [-0.2, 0) is 0 Å². The van der Waals surface area contributed by atoms with Crippen molar-refractivity contribution in [1.82, 2.24) is 0 Å². The first-order valence-electron chi connectivity index (χ1n) is 6.82. The highest BCUT2D eigenvalue weighted by Crippen LogP contribution is 2.26. The minimum atomic E-state index is 0.312. The highest BCUT2D eigenvalue weighted by molar-refractivity contribution is 7.99. The molecule has 0 atom stereocenters. The summed E-state index contributed by atoms with van der Waals surface area (Å²) in [5.74, 6) is 1.51. The lowest BCUT2D eigenvalue weighted by molar-refractivity contribution is 0.475. The summed E-state index contributed by atoms with van der Waals surface area (Å²) in [5, 5.41) is 9.29. The predicted molar refractivity (Wildman–Crippen MR) is 83.8 cm³/mol. The van der Waals surface area contributed by atoms with Crippen molar-refractivity contribution in [3.05, 3.63) is 48.5 Å². The van der Waals surface area contributed by atoms with Gasteiger partial charge in [-0.2, -0.15) is 0 Å². The van der Waals surface area contributed by atoms with Crippen LogP contribution in [0.3, 0.4) is 0 Å². The maximum Gasteiger partial charge on any atom is 0.115 e. The largest absolute Gasteiger partial charge is 0.508 e.